The van der Waals surface area contributed by atoms with Gasteiger partial charge in [0.15, 0.2) is 5.78 Å². The molecule has 1 aromatic heterocycles. The molecule has 0 saturated carbocycles. The molecular weight excluding hydrogens is 296 g/mol. The smallest absolute Gasteiger partial charge is 0.159 e. The number of para-hydroxylation sites is 1. The zero-order valence-corrected chi connectivity index (χ0v) is 14.2. The van der Waals surface area contributed by atoms with E-state index in [1.165, 1.54) is 5.56 Å². The molecule has 1 atom stereocenters. The Kier molecular flexibility index (Phi) is 4.66. The normalized spacial score (nSPS) is 12.2. The molecule has 24 heavy (non-hydrogen) atoms. The summed E-state index contributed by atoms with van der Waals surface area (Å²) in [7, 11) is 0. The van der Waals surface area contributed by atoms with E-state index in [0.717, 1.165) is 35.1 Å². The molecule has 3 rings (SSSR count). The molecule has 3 aromatic rings. The second-order valence-corrected chi connectivity index (χ2v) is 6.11. The van der Waals surface area contributed by atoms with Crippen LogP contribution in [0.5, 0.6) is 0 Å². The van der Waals surface area contributed by atoms with Crippen LogP contribution in [-0.2, 0) is 0 Å². The van der Waals surface area contributed by atoms with Gasteiger partial charge in [-0.15, -0.1) is 6.58 Å². The maximum absolute atomic E-state index is 11.5. The SMILES string of the molecule is C=CC(CCC)c1c(-c2ccc(C(C)=O)cc2)oc2ccccc12. The maximum Gasteiger partial charge on any atom is 0.159 e. The number of benzene rings is 2. The fraction of sp³-hybridized carbons (Fsp3) is 0.227. The van der Waals surface area contributed by atoms with Crippen LogP contribution >= 0.6 is 0 Å². The predicted molar refractivity (Wildman–Crippen MR) is 99.5 cm³/mol. The van der Waals surface area contributed by atoms with Crippen molar-refractivity contribution in [3.8, 4) is 11.3 Å². The third-order valence-corrected chi connectivity index (χ3v) is 4.44. The Bertz CT molecular complexity index is 869. The van der Waals surface area contributed by atoms with Gasteiger partial charge in [-0.05, 0) is 19.4 Å². The van der Waals surface area contributed by atoms with Crippen LogP contribution in [0, 0.1) is 0 Å². The van der Waals surface area contributed by atoms with Crippen LogP contribution in [0.15, 0.2) is 65.6 Å². The molecule has 2 aromatic carbocycles. The molecule has 0 fully saturated rings. The molecule has 2 nitrogen and oxygen atoms in total. The summed E-state index contributed by atoms with van der Waals surface area (Å²) in [5.74, 6) is 1.20. The van der Waals surface area contributed by atoms with E-state index in [9.17, 15) is 4.79 Å². The number of furan rings is 1. The Morgan fingerprint density at radius 2 is 1.88 bits per heavy atom. The van der Waals surface area contributed by atoms with E-state index in [1.54, 1.807) is 6.92 Å². The zero-order valence-electron chi connectivity index (χ0n) is 14.2. The Morgan fingerprint density at radius 1 is 1.17 bits per heavy atom. The first-order chi connectivity index (χ1) is 11.7. The molecular formula is C22H22O2. The Hall–Kier alpha value is -2.61. The van der Waals surface area contributed by atoms with Crippen molar-refractivity contribution in [2.75, 3.05) is 0 Å². The molecule has 0 aliphatic carbocycles. The molecule has 2 heteroatoms. The van der Waals surface area contributed by atoms with Gasteiger partial charge in [-0.3, -0.25) is 4.79 Å². The van der Waals surface area contributed by atoms with Crippen LogP contribution in [0.3, 0.4) is 0 Å². The number of carbonyl (C=O) groups is 1. The summed E-state index contributed by atoms with van der Waals surface area (Å²) in [5.41, 5.74) is 3.79. The van der Waals surface area contributed by atoms with Crippen LogP contribution < -0.4 is 0 Å². The first kappa shape index (κ1) is 16.3. The lowest BCUT2D eigenvalue weighted by molar-refractivity contribution is 0.101. The molecule has 122 valence electrons. The number of allylic oxidation sites excluding steroid dienone is 1. The van der Waals surface area contributed by atoms with Crippen molar-refractivity contribution in [1.82, 2.24) is 0 Å². The highest BCUT2D eigenvalue weighted by atomic mass is 16.3. The van der Waals surface area contributed by atoms with Gasteiger partial charge in [0, 0.05) is 28.0 Å². The van der Waals surface area contributed by atoms with Crippen molar-refractivity contribution in [3.63, 3.8) is 0 Å². The minimum absolute atomic E-state index is 0.0707. The number of fused-ring (bicyclic) bond motifs is 1. The summed E-state index contributed by atoms with van der Waals surface area (Å²) >= 11 is 0. The highest BCUT2D eigenvalue weighted by Crippen LogP contribution is 2.40. The van der Waals surface area contributed by atoms with Gasteiger partial charge in [-0.25, -0.2) is 0 Å². The highest BCUT2D eigenvalue weighted by Gasteiger charge is 2.21. The summed E-state index contributed by atoms with van der Waals surface area (Å²) in [5, 5.41) is 1.14. The molecule has 1 heterocycles. The molecule has 0 bridgehead atoms. The lowest BCUT2D eigenvalue weighted by atomic mass is 9.90. The van der Waals surface area contributed by atoms with E-state index in [1.807, 2.05) is 48.5 Å². The number of rotatable bonds is 6. The third kappa shape index (κ3) is 2.92. The monoisotopic (exact) mass is 318 g/mol. The molecule has 0 saturated heterocycles. The molecule has 0 spiro atoms. The van der Waals surface area contributed by atoms with Gasteiger partial charge in [-0.1, -0.05) is 61.9 Å². The minimum Gasteiger partial charge on any atom is -0.456 e. The second kappa shape index (κ2) is 6.88. The van der Waals surface area contributed by atoms with E-state index in [2.05, 4.69) is 19.6 Å². The Labute approximate surface area is 142 Å². The fourth-order valence-electron chi connectivity index (χ4n) is 3.20. The third-order valence-electron chi connectivity index (χ3n) is 4.44. The first-order valence-corrected chi connectivity index (χ1v) is 8.41. The van der Waals surface area contributed by atoms with Crippen molar-refractivity contribution < 1.29 is 9.21 Å². The van der Waals surface area contributed by atoms with Gasteiger partial charge >= 0.3 is 0 Å². The van der Waals surface area contributed by atoms with Crippen molar-refractivity contribution in [2.45, 2.75) is 32.6 Å². The summed E-state index contributed by atoms with van der Waals surface area (Å²) < 4.78 is 6.18. The first-order valence-electron chi connectivity index (χ1n) is 8.41. The van der Waals surface area contributed by atoms with Crippen LogP contribution in [0.25, 0.3) is 22.3 Å². The van der Waals surface area contributed by atoms with Gasteiger partial charge in [0.1, 0.15) is 11.3 Å². The van der Waals surface area contributed by atoms with E-state index < -0.39 is 0 Å². The molecule has 0 aliphatic heterocycles. The standard InChI is InChI=1S/C22H22O2/c1-4-8-16(5-2)21-19-9-6-7-10-20(19)24-22(21)18-13-11-17(12-14-18)15(3)23/h5-7,9-14,16H,2,4,8H2,1,3H3. The maximum atomic E-state index is 11.5. The molecule has 0 amide bonds. The van der Waals surface area contributed by atoms with Crippen molar-refractivity contribution in [2.24, 2.45) is 0 Å². The Morgan fingerprint density at radius 3 is 2.50 bits per heavy atom. The minimum atomic E-state index is 0.0707. The molecule has 0 aliphatic rings. The summed E-state index contributed by atoms with van der Waals surface area (Å²) in [6, 6.07) is 15.8. The average molecular weight is 318 g/mol. The van der Waals surface area contributed by atoms with Gasteiger partial charge in [0.2, 0.25) is 0 Å². The second-order valence-electron chi connectivity index (χ2n) is 6.11. The van der Waals surface area contributed by atoms with Crippen LogP contribution in [-0.4, -0.2) is 5.78 Å². The van der Waals surface area contributed by atoms with E-state index in [-0.39, 0.29) is 11.7 Å². The number of carbonyl (C=O) groups excluding carboxylic acids is 1. The van der Waals surface area contributed by atoms with Crippen LogP contribution in [0.4, 0.5) is 0 Å². The summed E-state index contributed by atoms with van der Waals surface area (Å²) in [6.07, 6.45) is 4.12. The number of hydrogen-bond donors (Lipinski definition) is 0. The van der Waals surface area contributed by atoms with E-state index >= 15 is 0 Å². The van der Waals surface area contributed by atoms with Gasteiger partial charge in [0.25, 0.3) is 0 Å². The Balaban J connectivity index is 2.19. The molecule has 0 radical (unpaired) electrons. The largest absolute Gasteiger partial charge is 0.456 e. The number of ketones is 1. The van der Waals surface area contributed by atoms with E-state index in [4.69, 9.17) is 4.42 Å². The van der Waals surface area contributed by atoms with Crippen LogP contribution in [0.2, 0.25) is 0 Å². The summed E-state index contributed by atoms with van der Waals surface area (Å²) in [4.78, 5) is 11.5. The van der Waals surface area contributed by atoms with Crippen molar-refractivity contribution >= 4 is 16.8 Å². The molecule has 0 N–H and O–H groups in total. The average Bonchev–Trinajstić information content (AvgIpc) is 2.99. The molecule has 1 unspecified atom stereocenters. The fourth-order valence-corrected chi connectivity index (χ4v) is 3.20. The highest BCUT2D eigenvalue weighted by molar-refractivity contribution is 5.95. The lowest BCUT2D eigenvalue weighted by Crippen LogP contribution is -1.96. The van der Waals surface area contributed by atoms with Crippen LogP contribution in [0.1, 0.15) is 48.5 Å². The zero-order chi connectivity index (χ0) is 17.1. The van der Waals surface area contributed by atoms with E-state index in [0.29, 0.717) is 5.56 Å². The van der Waals surface area contributed by atoms with Crippen molar-refractivity contribution in [1.29, 1.82) is 0 Å². The van der Waals surface area contributed by atoms with Gasteiger partial charge < -0.3 is 4.42 Å². The number of hydrogen-bond acceptors (Lipinski definition) is 2. The summed E-state index contributed by atoms with van der Waals surface area (Å²) in [6.45, 7) is 7.79. The predicted octanol–water partition coefficient (Wildman–Crippen LogP) is 6.37. The topological polar surface area (TPSA) is 30.2 Å². The lowest BCUT2D eigenvalue weighted by Gasteiger charge is -2.12. The quantitative estimate of drug-likeness (QED) is 0.390. The van der Waals surface area contributed by atoms with Gasteiger partial charge in [0.05, 0.1) is 0 Å². The number of Topliss-reactive ketones (excluding diaryl/α,β-unsaturated/α-hetero) is 1. The van der Waals surface area contributed by atoms with Crippen molar-refractivity contribution in [3.05, 3.63) is 72.3 Å². The van der Waals surface area contributed by atoms with Gasteiger partial charge in [-0.2, -0.15) is 0 Å².